The van der Waals surface area contributed by atoms with Crippen molar-refractivity contribution in [2.45, 2.75) is 19.9 Å². The second-order valence-electron chi connectivity index (χ2n) is 6.88. The highest BCUT2D eigenvalue weighted by molar-refractivity contribution is 7.22. The number of rotatable bonds is 8. The van der Waals surface area contributed by atoms with Crippen LogP contribution in [0.2, 0.25) is 0 Å². The van der Waals surface area contributed by atoms with Crippen LogP contribution in [0.3, 0.4) is 0 Å². The molecule has 2 aromatic heterocycles. The summed E-state index contributed by atoms with van der Waals surface area (Å²) in [6.45, 7) is 2.91. The summed E-state index contributed by atoms with van der Waals surface area (Å²) < 4.78 is 11.8. The molecule has 6 nitrogen and oxygen atoms in total. The van der Waals surface area contributed by atoms with Crippen molar-refractivity contribution in [1.29, 1.82) is 0 Å². The summed E-state index contributed by atoms with van der Waals surface area (Å²) in [5.74, 6) is 1.52. The number of hydrogen-bond donors (Lipinski definition) is 0. The van der Waals surface area contributed by atoms with Gasteiger partial charge in [0.2, 0.25) is 5.91 Å². The zero-order chi connectivity index (χ0) is 21.6. The molecule has 0 fully saturated rings. The van der Waals surface area contributed by atoms with Crippen molar-refractivity contribution in [3.8, 4) is 11.5 Å². The van der Waals surface area contributed by atoms with Gasteiger partial charge in [-0.15, -0.1) is 0 Å². The third kappa shape index (κ3) is 5.00. The van der Waals surface area contributed by atoms with Crippen LogP contribution in [0.25, 0.3) is 10.2 Å². The Labute approximate surface area is 185 Å². The number of aromatic nitrogens is 2. The van der Waals surface area contributed by atoms with E-state index < -0.39 is 0 Å². The molecule has 2 aromatic carbocycles. The molecule has 1 amide bonds. The number of anilines is 1. The topological polar surface area (TPSA) is 64.5 Å². The Bertz CT molecular complexity index is 1160. The van der Waals surface area contributed by atoms with E-state index in [4.69, 9.17) is 14.5 Å². The van der Waals surface area contributed by atoms with Crippen LogP contribution in [0.15, 0.2) is 66.9 Å². The first kappa shape index (κ1) is 20.8. The molecule has 0 aliphatic carbocycles. The number of carbonyl (C=O) groups excluding carboxylic acids is 1. The molecule has 0 bridgehead atoms. The van der Waals surface area contributed by atoms with Crippen molar-refractivity contribution < 1.29 is 14.3 Å². The van der Waals surface area contributed by atoms with Crippen molar-refractivity contribution in [3.05, 3.63) is 78.1 Å². The van der Waals surface area contributed by atoms with Crippen molar-refractivity contribution in [3.63, 3.8) is 0 Å². The average Bonchev–Trinajstić information content (AvgIpc) is 3.22. The Hall–Kier alpha value is -3.45. The molecule has 2 heterocycles. The molecule has 0 atom stereocenters. The summed E-state index contributed by atoms with van der Waals surface area (Å²) >= 11 is 1.47. The first-order chi connectivity index (χ1) is 15.2. The SMILES string of the molecule is CCOc1ccc(CC(=O)N(Cc2ccccn2)c2nc3ccc(OC)cc3s2)cc1. The highest BCUT2D eigenvalue weighted by Gasteiger charge is 2.21. The number of fused-ring (bicyclic) bond motifs is 1. The lowest BCUT2D eigenvalue weighted by molar-refractivity contribution is -0.118. The molecule has 0 N–H and O–H groups in total. The highest BCUT2D eigenvalue weighted by atomic mass is 32.1. The number of nitrogens with zero attached hydrogens (tertiary/aromatic N) is 3. The molecule has 0 saturated heterocycles. The van der Waals surface area contributed by atoms with E-state index >= 15 is 0 Å². The number of hydrogen-bond acceptors (Lipinski definition) is 6. The van der Waals surface area contributed by atoms with Crippen LogP contribution < -0.4 is 14.4 Å². The van der Waals surface area contributed by atoms with Gasteiger partial charge >= 0.3 is 0 Å². The smallest absolute Gasteiger partial charge is 0.233 e. The minimum absolute atomic E-state index is 0.0409. The van der Waals surface area contributed by atoms with E-state index in [2.05, 4.69) is 4.98 Å². The van der Waals surface area contributed by atoms with E-state index in [1.54, 1.807) is 18.2 Å². The molecular formula is C24H23N3O3S. The van der Waals surface area contributed by atoms with E-state index in [1.165, 1.54) is 11.3 Å². The van der Waals surface area contributed by atoms with Crippen LogP contribution in [0.1, 0.15) is 18.2 Å². The lowest BCUT2D eigenvalue weighted by Crippen LogP contribution is -2.32. The maximum absolute atomic E-state index is 13.3. The van der Waals surface area contributed by atoms with Gasteiger partial charge in [0, 0.05) is 6.20 Å². The summed E-state index contributed by atoms with van der Waals surface area (Å²) in [7, 11) is 1.64. The molecule has 0 aliphatic heterocycles. The van der Waals surface area contributed by atoms with E-state index in [-0.39, 0.29) is 12.3 Å². The number of amides is 1. The highest BCUT2D eigenvalue weighted by Crippen LogP contribution is 2.32. The van der Waals surface area contributed by atoms with Gasteiger partial charge in [-0.25, -0.2) is 4.98 Å². The molecular weight excluding hydrogens is 410 g/mol. The molecule has 31 heavy (non-hydrogen) atoms. The van der Waals surface area contributed by atoms with Crippen LogP contribution >= 0.6 is 11.3 Å². The Balaban J connectivity index is 1.62. The zero-order valence-electron chi connectivity index (χ0n) is 17.4. The van der Waals surface area contributed by atoms with Crippen LogP contribution in [0.5, 0.6) is 11.5 Å². The Morgan fingerprint density at radius 1 is 1.06 bits per heavy atom. The summed E-state index contributed by atoms with van der Waals surface area (Å²) in [5.41, 5.74) is 2.56. The van der Waals surface area contributed by atoms with Crippen molar-refractivity contribution in [1.82, 2.24) is 9.97 Å². The third-order valence-corrected chi connectivity index (χ3v) is 5.79. The van der Waals surface area contributed by atoms with Crippen molar-refractivity contribution in [2.24, 2.45) is 0 Å². The van der Waals surface area contributed by atoms with Gasteiger partial charge in [0.15, 0.2) is 5.13 Å². The van der Waals surface area contributed by atoms with E-state index in [9.17, 15) is 4.79 Å². The zero-order valence-corrected chi connectivity index (χ0v) is 18.3. The van der Waals surface area contributed by atoms with Crippen LogP contribution in [0, 0.1) is 0 Å². The van der Waals surface area contributed by atoms with Gasteiger partial charge in [-0.1, -0.05) is 29.5 Å². The average molecular weight is 434 g/mol. The van der Waals surface area contributed by atoms with E-state index in [1.807, 2.05) is 67.6 Å². The fourth-order valence-corrected chi connectivity index (χ4v) is 4.20. The summed E-state index contributed by atoms with van der Waals surface area (Å²) in [6.07, 6.45) is 1.99. The second-order valence-corrected chi connectivity index (χ2v) is 7.89. The fourth-order valence-electron chi connectivity index (χ4n) is 3.19. The quantitative estimate of drug-likeness (QED) is 0.396. The number of pyridine rings is 1. The first-order valence-electron chi connectivity index (χ1n) is 10.0. The van der Waals surface area contributed by atoms with E-state index in [0.29, 0.717) is 18.3 Å². The minimum atomic E-state index is -0.0409. The predicted octanol–water partition coefficient (Wildman–Crippen LogP) is 4.87. The Morgan fingerprint density at radius 3 is 2.58 bits per heavy atom. The number of methoxy groups -OCH3 is 1. The number of carbonyl (C=O) groups is 1. The molecule has 158 valence electrons. The molecule has 0 spiro atoms. The van der Waals surface area contributed by atoms with Gasteiger partial charge in [0.1, 0.15) is 11.5 Å². The monoisotopic (exact) mass is 433 g/mol. The fraction of sp³-hybridized carbons (Fsp3) is 0.208. The maximum atomic E-state index is 13.3. The number of ether oxygens (including phenoxy) is 2. The first-order valence-corrected chi connectivity index (χ1v) is 10.8. The molecule has 4 rings (SSSR count). The van der Waals surface area contributed by atoms with Crippen molar-refractivity contribution >= 4 is 32.6 Å². The number of benzene rings is 2. The minimum Gasteiger partial charge on any atom is -0.497 e. The number of thiazole rings is 1. The van der Waals surface area contributed by atoms with Crippen LogP contribution in [0.4, 0.5) is 5.13 Å². The van der Waals surface area contributed by atoms with Gasteiger partial charge in [0.25, 0.3) is 0 Å². The summed E-state index contributed by atoms with van der Waals surface area (Å²) in [6, 6.07) is 19.0. The molecule has 7 heteroatoms. The standard InChI is InChI=1S/C24H23N3O3S/c1-3-30-19-9-7-17(8-10-19)14-23(28)27(16-18-6-4-5-13-25-18)24-26-21-12-11-20(29-2)15-22(21)31-24/h4-13,15H,3,14,16H2,1-2H3. The van der Waals surface area contributed by atoms with E-state index in [0.717, 1.165) is 33.0 Å². The molecule has 4 aromatic rings. The maximum Gasteiger partial charge on any atom is 0.233 e. The Morgan fingerprint density at radius 2 is 1.87 bits per heavy atom. The summed E-state index contributed by atoms with van der Waals surface area (Å²) in [4.78, 5) is 24.1. The second kappa shape index (κ2) is 9.57. The normalized spacial score (nSPS) is 10.8. The molecule has 0 aliphatic rings. The van der Waals surface area contributed by atoms with Gasteiger partial charge in [-0.05, 0) is 55.0 Å². The van der Waals surface area contributed by atoms with Crippen LogP contribution in [-0.2, 0) is 17.8 Å². The van der Waals surface area contributed by atoms with Crippen LogP contribution in [-0.4, -0.2) is 29.6 Å². The molecule has 0 radical (unpaired) electrons. The van der Waals surface area contributed by atoms with Gasteiger partial charge in [0.05, 0.1) is 42.6 Å². The summed E-state index contributed by atoms with van der Waals surface area (Å²) in [5, 5.41) is 0.643. The van der Waals surface area contributed by atoms with Gasteiger partial charge in [-0.3, -0.25) is 14.7 Å². The Kier molecular flexibility index (Phi) is 6.43. The largest absolute Gasteiger partial charge is 0.497 e. The van der Waals surface area contributed by atoms with Gasteiger partial charge in [-0.2, -0.15) is 0 Å². The third-order valence-electron chi connectivity index (χ3n) is 4.75. The predicted molar refractivity (Wildman–Crippen MR) is 123 cm³/mol. The lowest BCUT2D eigenvalue weighted by Gasteiger charge is -2.19. The molecule has 0 unspecified atom stereocenters. The molecule has 0 saturated carbocycles. The van der Waals surface area contributed by atoms with Gasteiger partial charge < -0.3 is 9.47 Å². The lowest BCUT2D eigenvalue weighted by atomic mass is 10.1. The van der Waals surface area contributed by atoms with Crippen molar-refractivity contribution in [2.75, 3.05) is 18.6 Å².